The molecule has 5 aromatic carbocycles. The van der Waals surface area contributed by atoms with Crippen molar-refractivity contribution in [1.82, 2.24) is 19.9 Å². The molecule has 4 nitrogen and oxygen atoms in total. The maximum atomic E-state index is 5.34. The van der Waals surface area contributed by atoms with E-state index in [1.54, 1.807) is 12.4 Å². The van der Waals surface area contributed by atoms with E-state index >= 15 is 0 Å². The Morgan fingerprint density at radius 2 is 1.02 bits per heavy atom. The lowest BCUT2D eigenvalue weighted by Crippen LogP contribution is -2.28. The SMILES string of the molecule is CC1C=CC2=C(C1)C1(c3ccccc32)c2ccccc2-c2ccc(-c3nc(-c4ccc(-c5cccnc5)cc4)cc(-c4ccc(-c5cccnc5)cc4)n3)cc21. The van der Waals surface area contributed by atoms with Crippen LogP contribution in [-0.2, 0) is 5.41 Å². The Bertz CT molecular complexity index is 2770. The Hall–Kier alpha value is -7.04. The highest BCUT2D eigenvalue weighted by Crippen LogP contribution is 2.64. The van der Waals surface area contributed by atoms with Crippen molar-refractivity contribution >= 4 is 5.57 Å². The zero-order chi connectivity index (χ0) is 37.2. The minimum Gasteiger partial charge on any atom is -0.264 e. The van der Waals surface area contributed by atoms with Crippen molar-refractivity contribution in [3.05, 3.63) is 210 Å². The maximum absolute atomic E-state index is 5.34. The van der Waals surface area contributed by atoms with Crippen LogP contribution in [0.1, 0.15) is 35.6 Å². The Morgan fingerprint density at radius 1 is 0.482 bits per heavy atom. The van der Waals surface area contributed by atoms with Crippen LogP contribution in [0.15, 0.2) is 188 Å². The molecule has 8 aromatic rings. The van der Waals surface area contributed by atoms with Crippen LogP contribution >= 0.6 is 0 Å². The quantitative estimate of drug-likeness (QED) is 0.178. The second kappa shape index (κ2) is 12.8. The normalized spacial score (nSPS) is 17.4. The average Bonchev–Trinajstić information content (AvgIpc) is 3.73. The van der Waals surface area contributed by atoms with Gasteiger partial charge in [0.15, 0.2) is 5.82 Å². The Kier molecular flexibility index (Phi) is 7.39. The summed E-state index contributed by atoms with van der Waals surface area (Å²) < 4.78 is 0. The highest BCUT2D eigenvalue weighted by atomic mass is 14.9. The van der Waals surface area contributed by atoms with E-state index in [-0.39, 0.29) is 5.41 Å². The number of pyridine rings is 2. The molecule has 3 aliphatic rings. The van der Waals surface area contributed by atoms with Gasteiger partial charge in [-0.25, -0.2) is 9.97 Å². The predicted molar refractivity (Wildman–Crippen MR) is 226 cm³/mol. The van der Waals surface area contributed by atoms with E-state index in [9.17, 15) is 0 Å². The topological polar surface area (TPSA) is 51.6 Å². The first-order valence-electron chi connectivity index (χ1n) is 19.3. The van der Waals surface area contributed by atoms with Gasteiger partial charge in [-0.3, -0.25) is 9.97 Å². The summed E-state index contributed by atoms with van der Waals surface area (Å²) in [6.07, 6.45) is 13.2. The summed E-state index contributed by atoms with van der Waals surface area (Å²) in [5.74, 6) is 1.16. The molecule has 1 spiro atoms. The van der Waals surface area contributed by atoms with Crippen LogP contribution in [0.25, 0.3) is 72.9 Å². The molecule has 0 N–H and O–H groups in total. The van der Waals surface area contributed by atoms with Crippen LogP contribution < -0.4 is 0 Å². The van der Waals surface area contributed by atoms with Gasteiger partial charge in [-0.2, -0.15) is 0 Å². The molecule has 0 bridgehead atoms. The van der Waals surface area contributed by atoms with Crippen LogP contribution in [0, 0.1) is 5.92 Å². The van der Waals surface area contributed by atoms with Crippen LogP contribution in [0.3, 0.4) is 0 Å². The summed E-state index contributed by atoms with van der Waals surface area (Å²) in [6.45, 7) is 2.34. The molecule has 264 valence electrons. The zero-order valence-electron chi connectivity index (χ0n) is 30.9. The van der Waals surface area contributed by atoms with Crippen molar-refractivity contribution in [3.8, 4) is 67.3 Å². The molecule has 0 aliphatic heterocycles. The first-order valence-corrected chi connectivity index (χ1v) is 19.3. The lowest BCUT2D eigenvalue weighted by molar-refractivity contribution is 0.630. The van der Waals surface area contributed by atoms with Gasteiger partial charge >= 0.3 is 0 Å². The molecule has 3 aliphatic carbocycles. The smallest absolute Gasteiger partial charge is 0.160 e. The van der Waals surface area contributed by atoms with Gasteiger partial charge in [0.1, 0.15) is 0 Å². The highest BCUT2D eigenvalue weighted by Gasteiger charge is 2.53. The summed E-state index contributed by atoms with van der Waals surface area (Å²) in [7, 11) is 0. The van der Waals surface area contributed by atoms with E-state index in [1.165, 1.54) is 44.5 Å². The summed E-state index contributed by atoms with van der Waals surface area (Å²) in [6, 6.07) is 52.4. The zero-order valence-corrected chi connectivity index (χ0v) is 30.9. The summed E-state index contributed by atoms with van der Waals surface area (Å²) >= 11 is 0. The van der Waals surface area contributed by atoms with Crippen LogP contribution in [0.2, 0.25) is 0 Å². The Balaban J connectivity index is 1.10. The third kappa shape index (κ3) is 4.99. The molecule has 3 aromatic heterocycles. The van der Waals surface area contributed by atoms with Gasteiger partial charge in [-0.15, -0.1) is 0 Å². The number of allylic oxidation sites excluding steroid dienone is 4. The minimum atomic E-state index is -0.377. The van der Waals surface area contributed by atoms with E-state index in [2.05, 4.69) is 163 Å². The summed E-state index contributed by atoms with van der Waals surface area (Å²) in [5.41, 5.74) is 19.7. The molecule has 11 rings (SSSR count). The van der Waals surface area contributed by atoms with Gasteiger partial charge in [0.05, 0.1) is 16.8 Å². The standard InChI is InChI=1S/C52H36N4/c1-33-14-24-43-41-10-2-4-12-45(41)52(47(43)28-33)46-13-5-3-11-42(46)44-25-23-38(29-48(44)52)51-55-49(36-19-15-34(16-20-36)39-8-6-26-53-31-39)30-50(56-51)37-21-17-35(18-22-37)40-9-7-27-54-32-40/h2-27,29-33H,28H2,1H3. The molecule has 0 saturated carbocycles. The van der Waals surface area contributed by atoms with Gasteiger partial charge in [-0.1, -0.05) is 140 Å². The monoisotopic (exact) mass is 716 g/mol. The van der Waals surface area contributed by atoms with E-state index in [4.69, 9.17) is 9.97 Å². The van der Waals surface area contributed by atoms with Gasteiger partial charge in [0, 0.05) is 41.5 Å². The lowest BCUT2D eigenvalue weighted by Gasteiger charge is -2.34. The van der Waals surface area contributed by atoms with Crippen molar-refractivity contribution in [2.45, 2.75) is 18.8 Å². The van der Waals surface area contributed by atoms with Gasteiger partial charge in [-0.05, 0) is 103 Å². The molecular formula is C52H36N4. The van der Waals surface area contributed by atoms with Crippen molar-refractivity contribution in [1.29, 1.82) is 0 Å². The van der Waals surface area contributed by atoms with Crippen molar-refractivity contribution in [3.63, 3.8) is 0 Å². The number of benzene rings is 5. The van der Waals surface area contributed by atoms with Crippen molar-refractivity contribution in [2.24, 2.45) is 5.92 Å². The summed E-state index contributed by atoms with van der Waals surface area (Å²) in [4.78, 5) is 19.3. The highest BCUT2D eigenvalue weighted by molar-refractivity contribution is 5.97. The van der Waals surface area contributed by atoms with E-state index in [0.29, 0.717) is 11.7 Å². The number of hydrogen-bond acceptors (Lipinski definition) is 4. The third-order valence-corrected chi connectivity index (χ3v) is 11.9. The number of hydrogen-bond donors (Lipinski definition) is 0. The molecule has 0 amide bonds. The van der Waals surface area contributed by atoms with Crippen LogP contribution in [-0.4, -0.2) is 19.9 Å². The largest absolute Gasteiger partial charge is 0.264 e. The first-order chi connectivity index (χ1) is 27.6. The van der Waals surface area contributed by atoms with Gasteiger partial charge in [0.25, 0.3) is 0 Å². The third-order valence-electron chi connectivity index (χ3n) is 11.9. The number of rotatable bonds is 5. The molecular weight excluding hydrogens is 681 g/mol. The Morgan fingerprint density at radius 3 is 1.62 bits per heavy atom. The first kappa shape index (κ1) is 32.4. The molecule has 0 fully saturated rings. The predicted octanol–water partition coefficient (Wildman–Crippen LogP) is 12.3. The Labute approximate surface area is 326 Å². The summed E-state index contributed by atoms with van der Waals surface area (Å²) in [5, 5.41) is 0. The fourth-order valence-corrected chi connectivity index (χ4v) is 9.32. The van der Waals surface area contributed by atoms with E-state index in [0.717, 1.165) is 56.8 Å². The number of nitrogens with zero attached hydrogens (tertiary/aromatic N) is 4. The minimum absolute atomic E-state index is 0.377. The molecule has 2 atom stereocenters. The number of fused-ring (bicyclic) bond motifs is 9. The van der Waals surface area contributed by atoms with Crippen molar-refractivity contribution < 1.29 is 0 Å². The maximum Gasteiger partial charge on any atom is 0.160 e. The fourth-order valence-electron chi connectivity index (χ4n) is 9.32. The van der Waals surface area contributed by atoms with E-state index in [1.807, 2.05) is 24.5 Å². The lowest BCUT2D eigenvalue weighted by atomic mass is 9.67. The fraction of sp³-hybridized carbons (Fsp3) is 0.0769. The molecule has 3 heterocycles. The second-order valence-corrected chi connectivity index (χ2v) is 15.1. The molecule has 4 heteroatoms. The van der Waals surface area contributed by atoms with Gasteiger partial charge in [0.2, 0.25) is 0 Å². The van der Waals surface area contributed by atoms with Crippen molar-refractivity contribution in [2.75, 3.05) is 0 Å². The van der Waals surface area contributed by atoms with Crippen LogP contribution in [0.4, 0.5) is 0 Å². The van der Waals surface area contributed by atoms with Crippen LogP contribution in [0.5, 0.6) is 0 Å². The van der Waals surface area contributed by atoms with E-state index < -0.39 is 0 Å². The molecule has 0 radical (unpaired) electrons. The second-order valence-electron chi connectivity index (χ2n) is 15.1. The average molecular weight is 717 g/mol. The molecule has 0 saturated heterocycles. The molecule has 2 unspecified atom stereocenters. The van der Waals surface area contributed by atoms with Gasteiger partial charge < -0.3 is 0 Å². The number of aromatic nitrogens is 4. The molecule has 56 heavy (non-hydrogen) atoms.